The van der Waals surface area contributed by atoms with Gasteiger partial charge < -0.3 is 15.5 Å². The number of aryl methyl sites for hydroxylation is 2. The molecule has 1 fully saturated rings. The van der Waals surface area contributed by atoms with Crippen molar-refractivity contribution >= 4 is 28.7 Å². The van der Waals surface area contributed by atoms with Crippen molar-refractivity contribution in [2.75, 3.05) is 36.8 Å². The molecular weight excluding hydrogens is 464 g/mol. The van der Waals surface area contributed by atoms with Gasteiger partial charge in [0.25, 0.3) is 0 Å². The SMILES string of the molecule is CCN(CC)CCNc1cccc(Nc2ncc(C)c(-c3sc(C)c(C#N)c3C3CCCCC3)n2)c1. The van der Waals surface area contributed by atoms with Gasteiger partial charge in [-0.2, -0.15) is 5.26 Å². The van der Waals surface area contributed by atoms with Crippen LogP contribution in [0.1, 0.15) is 73.4 Å². The summed E-state index contributed by atoms with van der Waals surface area (Å²) in [5, 5.41) is 16.9. The molecule has 0 unspecified atom stereocenters. The molecule has 190 valence electrons. The Morgan fingerprint density at radius 2 is 1.86 bits per heavy atom. The number of rotatable bonds is 10. The van der Waals surface area contributed by atoms with Gasteiger partial charge in [0.2, 0.25) is 5.95 Å². The fraction of sp³-hybridized carbons (Fsp3) is 0.483. The standard InChI is InChI=1S/C29H38N6S/c1-5-35(6-2)16-15-31-23-13-10-14-24(17-23)33-29-32-19-20(3)27(34-29)28-26(22-11-8-7-9-12-22)25(18-30)21(4)36-28/h10,13-14,17,19,22,31H,5-9,11-12,15-16H2,1-4H3,(H,32,33,34). The smallest absolute Gasteiger partial charge is 0.227 e. The molecule has 0 radical (unpaired) electrons. The third-order valence-electron chi connectivity index (χ3n) is 7.20. The van der Waals surface area contributed by atoms with Gasteiger partial charge in [0, 0.05) is 35.5 Å². The van der Waals surface area contributed by atoms with Crippen molar-refractivity contribution in [2.45, 2.75) is 65.7 Å². The molecule has 1 aliphatic carbocycles. The van der Waals surface area contributed by atoms with Crippen LogP contribution >= 0.6 is 11.3 Å². The van der Waals surface area contributed by atoms with Gasteiger partial charge in [0.15, 0.2) is 0 Å². The average molecular weight is 503 g/mol. The topological polar surface area (TPSA) is 76.9 Å². The van der Waals surface area contributed by atoms with Gasteiger partial charge in [-0.1, -0.05) is 39.2 Å². The maximum absolute atomic E-state index is 9.96. The van der Waals surface area contributed by atoms with Crippen LogP contribution in [0, 0.1) is 25.2 Å². The highest BCUT2D eigenvalue weighted by molar-refractivity contribution is 7.15. The van der Waals surface area contributed by atoms with Gasteiger partial charge in [-0.15, -0.1) is 11.3 Å². The van der Waals surface area contributed by atoms with Gasteiger partial charge >= 0.3 is 0 Å². The summed E-state index contributed by atoms with van der Waals surface area (Å²) in [4.78, 5) is 14.2. The second-order valence-corrected chi connectivity index (χ2v) is 10.8. The van der Waals surface area contributed by atoms with Crippen molar-refractivity contribution < 1.29 is 0 Å². The predicted molar refractivity (Wildman–Crippen MR) is 151 cm³/mol. The molecule has 2 aromatic heterocycles. The molecule has 1 saturated carbocycles. The third kappa shape index (κ3) is 6.05. The number of nitriles is 1. The summed E-state index contributed by atoms with van der Waals surface area (Å²) < 4.78 is 0. The van der Waals surface area contributed by atoms with Crippen LogP contribution in [0.15, 0.2) is 30.5 Å². The van der Waals surface area contributed by atoms with Gasteiger partial charge in [0.1, 0.15) is 6.07 Å². The number of likely N-dealkylation sites (N-methyl/N-ethyl adjacent to an activating group) is 1. The number of hydrogen-bond acceptors (Lipinski definition) is 7. The average Bonchev–Trinajstić information content (AvgIpc) is 3.24. The second kappa shape index (κ2) is 12.3. The lowest BCUT2D eigenvalue weighted by atomic mass is 9.82. The lowest BCUT2D eigenvalue weighted by Gasteiger charge is -2.23. The summed E-state index contributed by atoms with van der Waals surface area (Å²) in [5.74, 6) is 1.02. The predicted octanol–water partition coefficient (Wildman–Crippen LogP) is 7.24. The van der Waals surface area contributed by atoms with E-state index in [1.54, 1.807) is 11.3 Å². The molecule has 2 N–H and O–H groups in total. The third-order valence-corrected chi connectivity index (χ3v) is 8.33. The van der Waals surface area contributed by atoms with E-state index in [1.165, 1.54) is 24.8 Å². The van der Waals surface area contributed by atoms with E-state index in [-0.39, 0.29) is 0 Å². The zero-order valence-corrected chi connectivity index (χ0v) is 22.8. The van der Waals surface area contributed by atoms with Crippen LogP contribution in [0.4, 0.5) is 17.3 Å². The quantitative estimate of drug-likeness (QED) is 0.304. The molecule has 7 heteroatoms. The lowest BCUT2D eigenvalue weighted by Crippen LogP contribution is -2.28. The van der Waals surface area contributed by atoms with Crippen LogP contribution in [0.2, 0.25) is 0 Å². The minimum absolute atomic E-state index is 0.443. The number of aromatic nitrogens is 2. The summed E-state index contributed by atoms with van der Waals surface area (Å²) in [7, 11) is 0. The second-order valence-electron chi connectivity index (χ2n) is 9.61. The Kier molecular flexibility index (Phi) is 8.95. The van der Waals surface area contributed by atoms with Crippen LogP contribution < -0.4 is 10.6 Å². The maximum atomic E-state index is 9.96. The number of benzene rings is 1. The number of nitrogens with zero attached hydrogens (tertiary/aromatic N) is 4. The molecule has 6 nitrogen and oxygen atoms in total. The number of nitrogens with one attached hydrogen (secondary N) is 2. The number of hydrogen-bond donors (Lipinski definition) is 2. The Bertz CT molecular complexity index is 1200. The molecule has 2 heterocycles. The Hall–Kier alpha value is -2.95. The Morgan fingerprint density at radius 1 is 1.11 bits per heavy atom. The Morgan fingerprint density at radius 3 is 2.58 bits per heavy atom. The summed E-state index contributed by atoms with van der Waals surface area (Å²) in [5.41, 5.74) is 6.08. The summed E-state index contributed by atoms with van der Waals surface area (Å²) in [6.45, 7) is 12.6. The zero-order valence-electron chi connectivity index (χ0n) is 22.0. The Labute approximate surface area is 219 Å². The van der Waals surface area contributed by atoms with Crippen LogP contribution in [-0.4, -0.2) is 41.0 Å². The van der Waals surface area contributed by atoms with Gasteiger partial charge in [-0.25, -0.2) is 9.97 Å². The van der Waals surface area contributed by atoms with Crippen molar-refractivity contribution in [1.82, 2.24) is 14.9 Å². The molecule has 36 heavy (non-hydrogen) atoms. The van der Waals surface area contributed by atoms with Gasteiger partial charge in [-0.3, -0.25) is 0 Å². The van der Waals surface area contributed by atoms with Crippen LogP contribution in [-0.2, 0) is 0 Å². The maximum Gasteiger partial charge on any atom is 0.227 e. The highest BCUT2D eigenvalue weighted by Gasteiger charge is 2.27. The van der Waals surface area contributed by atoms with E-state index >= 15 is 0 Å². The summed E-state index contributed by atoms with van der Waals surface area (Å²) in [6, 6.07) is 10.8. The van der Waals surface area contributed by atoms with Gasteiger partial charge in [-0.05, 0) is 75.0 Å². The lowest BCUT2D eigenvalue weighted by molar-refractivity contribution is 0.316. The highest BCUT2D eigenvalue weighted by atomic mass is 32.1. The first-order chi connectivity index (χ1) is 17.5. The van der Waals surface area contributed by atoms with E-state index in [2.05, 4.69) is 66.4 Å². The van der Waals surface area contributed by atoms with E-state index in [4.69, 9.17) is 4.98 Å². The first-order valence-electron chi connectivity index (χ1n) is 13.2. The molecule has 0 amide bonds. The monoisotopic (exact) mass is 502 g/mol. The normalized spacial score (nSPS) is 14.1. The number of anilines is 3. The first kappa shape index (κ1) is 26.1. The molecule has 4 rings (SSSR count). The molecule has 1 aromatic carbocycles. The van der Waals surface area contributed by atoms with Gasteiger partial charge in [0.05, 0.1) is 16.1 Å². The summed E-state index contributed by atoms with van der Waals surface area (Å²) in [6.07, 6.45) is 7.96. The molecular formula is C29H38N6S. The van der Waals surface area contributed by atoms with E-state index in [0.717, 1.165) is 77.0 Å². The molecule has 3 aromatic rings. The van der Waals surface area contributed by atoms with Crippen molar-refractivity contribution in [3.05, 3.63) is 52.0 Å². The Balaban J connectivity index is 1.57. The molecule has 0 atom stereocenters. The van der Waals surface area contributed by atoms with Crippen LogP contribution in [0.25, 0.3) is 10.6 Å². The first-order valence-corrected chi connectivity index (χ1v) is 14.1. The van der Waals surface area contributed by atoms with Crippen LogP contribution in [0.3, 0.4) is 0 Å². The molecule has 1 aliphatic rings. The minimum atomic E-state index is 0.443. The van der Waals surface area contributed by atoms with E-state index in [1.807, 2.05) is 18.3 Å². The van der Waals surface area contributed by atoms with Crippen molar-refractivity contribution in [3.8, 4) is 16.6 Å². The fourth-order valence-electron chi connectivity index (χ4n) is 5.12. The van der Waals surface area contributed by atoms with Crippen molar-refractivity contribution in [2.24, 2.45) is 0 Å². The molecule has 0 saturated heterocycles. The number of thiophene rings is 1. The summed E-state index contributed by atoms with van der Waals surface area (Å²) >= 11 is 1.70. The largest absolute Gasteiger partial charge is 0.384 e. The van der Waals surface area contributed by atoms with E-state index in [9.17, 15) is 5.26 Å². The van der Waals surface area contributed by atoms with Crippen LogP contribution in [0.5, 0.6) is 0 Å². The van der Waals surface area contributed by atoms with E-state index < -0.39 is 0 Å². The fourth-order valence-corrected chi connectivity index (χ4v) is 6.37. The molecule has 0 spiro atoms. The van der Waals surface area contributed by atoms with Crippen molar-refractivity contribution in [1.29, 1.82) is 5.26 Å². The van der Waals surface area contributed by atoms with Crippen molar-refractivity contribution in [3.63, 3.8) is 0 Å². The molecule has 0 bridgehead atoms. The molecule has 0 aliphatic heterocycles. The zero-order chi connectivity index (χ0) is 25.5. The van der Waals surface area contributed by atoms with E-state index in [0.29, 0.717) is 11.9 Å². The highest BCUT2D eigenvalue weighted by Crippen LogP contribution is 2.45. The minimum Gasteiger partial charge on any atom is -0.384 e.